The summed E-state index contributed by atoms with van der Waals surface area (Å²) in [5, 5.41) is 2.91. The van der Waals surface area contributed by atoms with Gasteiger partial charge < -0.3 is 15.0 Å². The molecule has 140 valence electrons. The molecule has 0 spiro atoms. The predicted octanol–water partition coefficient (Wildman–Crippen LogP) is 3.00. The molecule has 2 aromatic carbocycles. The quantitative estimate of drug-likeness (QED) is 0.853. The first-order valence-electron chi connectivity index (χ1n) is 9.18. The van der Waals surface area contributed by atoms with E-state index < -0.39 is 0 Å². The number of carbonyl (C=O) groups excluding carboxylic acids is 2. The van der Waals surface area contributed by atoms with Crippen molar-refractivity contribution in [3.63, 3.8) is 0 Å². The third-order valence-corrected chi connectivity index (χ3v) is 5.01. The highest BCUT2D eigenvalue weighted by Gasteiger charge is 2.39. The second-order valence-corrected chi connectivity index (χ2v) is 7.00. The normalized spacial score (nSPS) is 21.2. The fourth-order valence-corrected chi connectivity index (χ4v) is 3.50. The molecule has 27 heavy (non-hydrogen) atoms. The molecule has 1 saturated carbocycles. The van der Waals surface area contributed by atoms with E-state index in [1.807, 2.05) is 18.2 Å². The summed E-state index contributed by atoms with van der Waals surface area (Å²) in [6, 6.07) is 13.7. The van der Waals surface area contributed by atoms with Gasteiger partial charge in [-0.1, -0.05) is 12.1 Å². The Morgan fingerprint density at radius 2 is 2.04 bits per heavy atom. The van der Waals surface area contributed by atoms with Crippen LogP contribution in [0.1, 0.15) is 30.7 Å². The standard InChI is InChI=1S/C21H21FN2O3/c22-15-4-1-3-14(11-15)18-12-19(18)23-20(25)13-27-17-8-6-16(7-9-17)24-10-2-5-21(24)26/h1,3-4,6-9,11,18-19H,2,5,10,12-13H2,(H,23,25)/t18-,19+/m1/s1. The maximum atomic E-state index is 13.3. The van der Waals surface area contributed by atoms with Crippen LogP contribution in [0.5, 0.6) is 5.75 Å². The lowest BCUT2D eigenvalue weighted by atomic mass is 10.1. The van der Waals surface area contributed by atoms with Crippen LogP contribution in [0.3, 0.4) is 0 Å². The monoisotopic (exact) mass is 368 g/mol. The first kappa shape index (κ1) is 17.5. The van der Waals surface area contributed by atoms with Gasteiger partial charge in [-0.3, -0.25) is 9.59 Å². The number of anilines is 1. The van der Waals surface area contributed by atoms with Crippen molar-refractivity contribution in [3.8, 4) is 5.75 Å². The summed E-state index contributed by atoms with van der Waals surface area (Å²) in [4.78, 5) is 25.6. The largest absolute Gasteiger partial charge is 0.484 e. The van der Waals surface area contributed by atoms with Crippen LogP contribution >= 0.6 is 0 Å². The number of benzene rings is 2. The van der Waals surface area contributed by atoms with Crippen LogP contribution in [0.4, 0.5) is 10.1 Å². The SMILES string of the molecule is O=C(COc1ccc(N2CCCC2=O)cc1)N[C@H]1C[C@@H]1c1cccc(F)c1. The number of rotatable bonds is 6. The zero-order chi connectivity index (χ0) is 18.8. The van der Waals surface area contributed by atoms with Crippen molar-refractivity contribution in [2.24, 2.45) is 0 Å². The minimum absolute atomic E-state index is 0.0338. The van der Waals surface area contributed by atoms with E-state index in [2.05, 4.69) is 5.32 Å². The van der Waals surface area contributed by atoms with Gasteiger partial charge in [0.15, 0.2) is 6.61 Å². The number of halogens is 1. The molecule has 1 saturated heterocycles. The molecule has 2 atom stereocenters. The lowest BCUT2D eigenvalue weighted by Crippen LogP contribution is -2.31. The van der Waals surface area contributed by atoms with E-state index in [1.54, 1.807) is 23.1 Å². The maximum Gasteiger partial charge on any atom is 0.258 e. The Hall–Kier alpha value is -2.89. The van der Waals surface area contributed by atoms with Crippen molar-refractivity contribution in [2.45, 2.75) is 31.2 Å². The Morgan fingerprint density at radius 1 is 1.22 bits per heavy atom. The highest BCUT2D eigenvalue weighted by atomic mass is 19.1. The smallest absolute Gasteiger partial charge is 0.258 e. The van der Waals surface area contributed by atoms with Crippen LogP contribution in [0.15, 0.2) is 48.5 Å². The number of amides is 2. The van der Waals surface area contributed by atoms with E-state index >= 15 is 0 Å². The number of hydrogen-bond donors (Lipinski definition) is 1. The molecule has 1 N–H and O–H groups in total. The van der Waals surface area contributed by atoms with Crippen molar-refractivity contribution in [3.05, 3.63) is 59.9 Å². The number of ether oxygens (including phenoxy) is 1. The fraction of sp³-hybridized carbons (Fsp3) is 0.333. The molecule has 5 nitrogen and oxygen atoms in total. The van der Waals surface area contributed by atoms with Crippen LogP contribution in [-0.2, 0) is 9.59 Å². The van der Waals surface area contributed by atoms with E-state index in [1.165, 1.54) is 12.1 Å². The van der Waals surface area contributed by atoms with Gasteiger partial charge in [0.2, 0.25) is 5.91 Å². The van der Waals surface area contributed by atoms with Crippen molar-refractivity contribution >= 4 is 17.5 Å². The lowest BCUT2D eigenvalue weighted by molar-refractivity contribution is -0.123. The van der Waals surface area contributed by atoms with Gasteiger partial charge in [0, 0.05) is 30.6 Å². The highest BCUT2D eigenvalue weighted by molar-refractivity contribution is 5.95. The first-order valence-corrected chi connectivity index (χ1v) is 9.18. The third kappa shape index (κ3) is 4.10. The van der Waals surface area contributed by atoms with Crippen molar-refractivity contribution in [1.29, 1.82) is 0 Å². The molecule has 1 aliphatic carbocycles. The molecule has 1 heterocycles. The minimum atomic E-state index is -0.258. The van der Waals surface area contributed by atoms with Crippen molar-refractivity contribution in [1.82, 2.24) is 5.32 Å². The zero-order valence-electron chi connectivity index (χ0n) is 14.9. The van der Waals surface area contributed by atoms with E-state index in [-0.39, 0.29) is 36.2 Å². The number of nitrogens with zero attached hydrogens (tertiary/aromatic N) is 1. The van der Waals surface area contributed by atoms with Crippen LogP contribution in [-0.4, -0.2) is 31.0 Å². The molecule has 4 rings (SSSR count). The topological polar surface area (TPSA) is 58.6 Å². The number of carbonyl (C=O) groups is 2. The van der Waals surface area contributed by atoms with Gasteiger partial charge >= 0.3 is 0 Å². The molecule has 1 aliphatic heterocycles. The number of hydrogen-bond acceptors (Lipinski definition) is 3. The fourth-order valence-electron chi connectivity index (χ4n) is 3.50. The van der Waals surface area contributed by atoms with Crippen molar-refractivity contribution < 1.29 is 18.7 Å². The molecule has 0 bridgehead atoms. The van der Waals surface area contributed by atoms with Gasteiger partial charge in [-0.05, 0) is 54.8 Å². The molecule has 0 aromatic heterocycles. The van der Waals surface area contributed by atoms with Gasteiger partial charge in [0.05, 0.1) is 0 Å². The molecule has 6 heteroatoms. The van der Waals surface area contributed by atoms with E-state index in [4.69, 9.17) is 4.74 Å². The zero-order valence-corrected chi connectivity index (χ0v) is 14.9. The molecule has 2 amide bonds. The minimum Gasteiger partial charge on any atom is -0.484 e. The summed E-state index contributed by atoms with van der Waals surface area (Å²) in [5.74, 6) is 0.435. The van der Waals surface area contributed by atoms with E-state index in [0.29, 0.717) is 12.2 Å². The molecule has 2 fully saturated rings. The van der Waals surface area contributed by atoms with Crippen molar-refractivity contribution in [2.75, 3.05) is 18.1 Å². The average Bonchev–Trinajstić information content (AvgIpc) is 3.30. The Bertz CT molecular complexity index is 853. The summed E-state index contributed by atoms with van der Waals surface area (Å²) in [6.45, 7) is 0.670. The molecule has 0 unspecified atom stereocenters. The molecular formula is C21H21FN2O3. The molecule has 0 radical (unpaired) electrons. The van der Waals surface area contributed by atoms with Gasteiger partial charge in [0.1, 0.15) is 11.6 Å². The number of nitrogens with one attached hydrogen (secondary N) is 1. The predicted molar refractivity (Wildman–Crippen MR) is 99.2 cm³/mol. The molecular weight excluding hydrogens is 347 g/mol. The maximum absolute atomic E-state index is 13.3. The second kappa shape index (κ2) is 7.39. The third-order valence-electron chi connectivity index (χ3n) is 5.01. The van der Waals surface area contributed by atoms with Crippen LogP contribution < -0.4 is 15.0 Å². The van der Waals surface area contributed by atoms with Gasteiger partial charge in [0.25, 0.3) is 5.91 Å². The van der Waals surface area contributed by atoms with Gasteiger partial charge in [-0.25, -0.2) is 4.39 Å². The summed E-state index contributed by atoms with van der Waals surface area (Å²) < 4.78 is 18.8. The van der Waals surface area contributed by atoms with Gasteiger partial charge in [-0.2, -0.15) is 0 Å². The van der Waals surface area contributed by atoms with Crippen LogP contribution in [0.2, 0.25) is 0 Å². The summed E-state index contributed by atoms with van der Waals surface area (Å²) in [5.41, 5.74) is 1.76. The second-order valence-electron chi connectivity index (χ2n) is 7.00. The first-order chi connectivity index (χ1) is 13.1. The highest BCUT2D eigenvalue weighted by Crippen LogP contribution is 2.40. The van der Waals surface area contributed by atoms with E-state index in [9.17, 15) is 14.0 Å². The Kier molecular flexibility index (Phi) is 4.79. The molecule has 2 aromatic rings. The lowest BCUT2D eigenvalue weighted by Gasteiger charge is -2.16. The summed E-state index contributed by atoms with van der Waals surface area (Å²) in [6.07, 6.45) is 2.29. The average molecular weight is 368 g/mol. The Balaban J connectivity index is 1.24. The Morgan fingerprint density at radius 3 is 2.74 bits per heavy atom. The van der Waals surface area contributed by atoms with Crippen LogP contribution in [0, 0.1) is 5.82 Å². The van der Waals surface area contributed by atoms with E-state index in [0.717, 1.165) is 30.6 Å². The summed E-state index contributed by atoms with van der Waals surface area (Å²) in [7, 11) is 0. The Labute approximate surface area is 157 Å². The van der Waals surface area contributed by atoms with Gasteiger partial charge in [-0.15, -0.1) is 0 Å². The summed E-state index contributed by atoms with van der Waals surface area (Å²) >= 11 is 0. The van der Waals surface area contributed by atoms with Crippen LogP contribution in [0.25, 0.3) is 0 Å². The molecule has 2 aliphatic rings.